The number of nitrogens with zero attached hydrogens (tertiary/aromatic N) is 2. The standard InChI is InChI=1S/C11H16N2O4/c1-5-17-7(2)10(14)9-11(16-4)13-8(15-3)6-12-9/h6-7H,5H2,1-4H3. The molecule has 1 heterocycles. The van der Waals surface area contributed by atoms with Crippen molar-refractivity contribution >= 4 is 5.78 Å². The molecule has 0 radical (unpaired) electrons. The van der Waals surface area contributed by atoms with Gasteiger partial charge in [0.25, 0.3) is 0 Å². The molecule has 0 saturated carbocycles. The summed E-state index contributed by atoms with van der Waals surface area (Å²) in [5.41, 5.74) is 0.147. The Kier molecular flexibility index (Phi) is 4.84. The fourth-order valence-corrected chi connectivity index (χ4v) is 1.28. The van der Waals surface area contributed by atoms with E-state index in [0.717, 1.165) is 0 Å². The van der Waals surface area contributed by atoms with Crippen LogP contribution in [0.15, 0.2) is 6.20 Å². The highest BCUT2D eigenvalue weighted by molar-refractivity contribution is 5.99. The Balaban J connectivity index is 3.00. The number of aromatic nitrogens is 2. The van der Waals surface area contributed by atoms with Crippen molar-refractivity contribution < 1.29 is 19.0 Å². The summed E-state index contributed by atoms with van der Waals surface area (Å²) in [6.07, 6.45) is 0.797. The molecule has 1 atom stereocenters. The molecule has 0 aliphatic rings. The van der Waals surface area contributed by atoms with E-state index in [4.69, 9.17) is 14.2 Å². The number of ether oxygens (including phenoxy) is 3. The second-order valence-electron chi connectivity index (χ2n) is 3.23. The fourth-order valence-electron chi connectivity index (χ4n) is 1.28. The first-order valence-electron chi connectivity index (χ1n) is 5.24. The Hall–Kier alpha value is -1.69. The molecule has 1 rings (SSSR count). The van der Waals surface area contributed by atoms with Crippen LogP contribution in [0, 0.1) is 0 Å². The van der Waals surface area contributed by atoms with Gasteiger partial charge < -0.3 is 14.2 Å². The second-order valence-corrected chi connectivity index (χ2v) is 3.23. The molecule has 0 aromatic carbocycles. The van der Waals surface area contributed by atoms with Gasteiger partial charge in [-0.25, -0.2) is 4.98 Å². The molecule has 0 fully saturated rings. The van der Waals surface area contributed by atoms with Crippen molar-refractivity contribution in [2.24, 2.45) is 0 Å². The third-order valence-corrected chi connectivity index (χ3v) is 2.14. The molecule has 0 N–H and O–H groups in total. The average Bonchev–Trinajstić information content (AvgIpc) is 2.37. The first kappa shape index (κ1) is 13.4. The van der Waals surface area contributed by atoms with Gasteiger partial charge in [0.1, 0.15) is 6.10 Å². The fraction of sp³-hybridized carbons (Fsp3) is 0.545. The number of methoxy groups -OCH3 is 2. The highest BCUT2D eigenvalue weighted by Crippen LogP contribution is 2.18. The lowest BCUT2D eigenvalue weighted by Gasteiger charge is -2.12. The minimum Gasteiger partial charge on any atom is -0.480 e. The van der Waals surface area contributed by atoms with E-state index in [-0.39, 0.29) is 17.4 Å². The van der Waals surface area contributed by atoms with Crippen LogP contribution in [0.3, 0.4) is 0 Å². The number of hydrogen-bond acceptors (Lipinski definition) is 6. The molecule has 1 aromatic heterocycles. The van der Waals surface area contributed by atoms with E-state index in [9.17, 15) is 4.79 Å². The largest absolute Gasteiger partial charge is 0.480 e. The molecule has 0 spiro atoms. The first-order valence-corrected chi connectivity index (χ1v) is 5.24. The number of carbonyl (C=O) groups is 1. The number of hydrogen-bond donors (Lipinski definition) is 0. The summed E-state index contributed by atoms with van der Waals surface area (Å²) in [6.45, 7) is 3.94. The topological polar surface area (TPSA) is 70.5 Å². The Morgan fingerprint density at radius 3 is 2.65 bits per heavy atom. The van der Waals surface area contributed by atoms with Gasteiger partial charge >= 0.3 is 0 Å². The molecule has 0 amide bonds. The van der Waals surface area contributed by atoms with Crippen LogP contribution >= 0.6 is 0 Å². The van der Waals surface area contributed by atoms with E-state index >= 15 is 0 Å². The van der Waals surface area contributed by atoms with Crippen LogP contribution in [0.2, 0.25) is 0 Å². The van der Waals surface area contributed by atoms with Crippen molar-refractivity contribution in [3.05, 3.63) is 11.9 Å². The van der Waals surface area contributed by atoms with Gasteiger partial charge in [0.2, 0.25) is 17.5 Å². The van der Waals surface area contributed by atoms with Gasteiger partial charge in [0.15, 0.2) is 5.69 Å². The third-order valence-electron chi connectivity index (χ3n) is 2.14. The maximum atomic E-state index is 12.0. The van der Waals surface area contributed by atoms with Crippen LogP contribution in [0.1, 0.15) is 24.3 Å². The van der Waals surface area contributed by atoms with Crippen LogP contribution in [0.25, 0.3) is 0 Å². The molecule has 0 saturated heterocycles. The highest BCUT2D eigenvalue weighted by Gasteiger charge is 2.22. The molecule has 1 unspecified atom stereocenters. The van der Waals surface area contributed by atoms with Gasteiger partial charge in [-0.1, -0.05) is 0 Å². The predicted molar refractivity (Wildman–Crippen MR) is 60.6 cm³/mol. The van der Waals surface area contributed by atoms with Gasteiger partial charge in [0, 0.05) is 6.61 Å². The van der Waals surface area contributed by atoms with Crippen molar-refractivity contribution in [3.63, 3.8) is 0 Å². The summed E-state index contributed by atoms with van der Waals surface area (Å²) in [7, 11) is 2.89. The lowest BCUT2D eigenvalue weighted by Crippen LogP contribution is -2.23. The van der Waals surface area contributed by atoms with E-state index < -0.39 is 6.10 Å². The van der Waals surface area contributed by atoms with Gasteiger partial charge in [-0.05, 0) is 13.8 Å². The zero-order valence-electron chi connectivity index (χ0n) is 10.4. The van der Waals surface area contributed by atoms with Crippen molar-refractivity contribution in [2.75, 3.05) is 20.8 Å². The van der Waals surface area contributed by atoms with E-state index in [1.54, 1.807) is 6.92 Å². The SMILES string of the molecule is CCOC(C)C(=O)c1ncc(OC)nc1OC. The number of rotatable bonds is 6. The molecule has 17 heavy (non-hydrogen) atoms. The van der Waals surface area contributed by atoms with Crippen LogP contribution < -0.4 is 9.47 Å². The summed E-state index contributed by atoms with van der Waals surface area (Å²) in [4.78, 5) is 19.9. The van der Waals surface area contributed by atoms with Gasteiger partial charge in [-0.3, -0.25) is 4.79 Å². The molecule has 6 nitrogen and oxygen atoms in total. The summed E-state index contributed by atoms with van der Waals surface area (Å²) in [5.74, 6) is 0.169. The quantitative estimate of drug-likeness (QED) is 0.693. The molecular weight excluding hydrogens is 224 g/mol. The van der Waals surface area contributed by atoms with E-state index in [0.29, 0.717) is 12.5 Å². The van der Waals surface area contributed by atoms with Crippen LogP contribution in [0.4, 0.5) is 0 Å². The molecule has 0 aliphatic heterocycles. The molecule has 6 heteroatoms. The minimum absolute atomic E-state index is 0.140. The summed E-state index contributed by atoms with van der Waals surface area (Å²) < 4.78 is 15.1. The van der Waals surface area contributed by atoms with E-state index in [2.05, 4.69) is 9.97 Å². The molecule has 0 aliphatic carbocycles. The monoisotopic (exact) mass is 240 g/mol. The third kappa shape index (κ3) is 3.13. The predicted octanol–water partition coefficient (Wildman–Crippen LogP) is 1.10. The van der Waals surface area contributed by atoms with E-state index in [1.165, 1.54) is 20.4 Å². The Bertz CT molecular complexity index is 395. The van der Waals surface area contributed by atoms with Crippen LogP contribution in [-0.2, 0) is 4.74 Å². The number of carbonyl (C=O) groups excluding carboxylic acids is 1. The first-order chi connectivity index (χ1) is 8.13. The van der Waals surface area contributed by atoms with E-state index in [1.807, 2.05) is 6.92 Å². The van der Waals surface area contributed by atoms with Crippen molar-refractivity contribution in [3.8, 4) is 11.8 Å². The summed E-state index contributed by atoms with van der Waals surface area (Å²) in [5, 5.41) is 0. The van der Waals surface area contributed by atoms with Gasteiger partial charge in [-0.2, -0.15) is 4.98 Å². The van der Waals surface area contributed by atoms with Crippen molar-refractivity contribution in [1.82, 2.24) is 9.97 Å². The molecule has 0 bridgehead atoms. The van der Waals surface area contributed by atoms with Crippen LogP contribution in [0.5, 0.6) is 11.8 Å². The zero-order valence-corrected chi connectivity index (χ0v) is 10.4. The van der Waals surface area contributed by atoms with Crippen molar-refractivity contribution in [2.45, 2.75) is 20.0 Å². The average molecular weight is 240 g/mol. The van der Waals surface area contributed by atoms with Gasteiger partial charge in [-0.15, -0.1) is 0 Å². The smallest absolute Gasteiger partial charge is 0.246 e. The van der Waals surface area contributed by atoms with Gasteiger partial charge in [0.05, 0.1) is 20.4 Å². The number of Topliss-reactive ketones (excluding diaryl/α,β-unsaturated/α-hetero) is 1. The Morgan fingerprint density at radius 2 is 2.12 bits per heavy atom. The Labute approximate surface area is 99.9 Å². The summed E-state index contributed by atoms with van der Waals surface area (Å²) in [6, 6.07) is 0. The maximum Gasteiger partial charge on any atom is 0.246 e. The lowest BCUT2D eigenvalue weighted by atomic mass is 10.2. The zero-order chi connectivity index (χ0) is 12.8. The van der Waals surface area contributed by atoms with Crippen molar-refractivity contribution in [1.29, 1.82) is 0 Å². The second kappa shape index (κ2) is 6.15. The number of ketones is 1. The van der Waals surface area contributed by atoms with Crippen LogP contribution in [-0.4, -0.2) is 42.7 Å². The summed E-state index contributed by atoms with van der Waals surface area (Å²) >= 11 is 0. The highest BCUT2D eigenvalue weighted by atomic mass is 16.5. The molecule has 1 aromatic rings. The maximum absolute atomic E-state index is 12.0. The molecular formula is C11H16N2O4. The minimum atomic E-state index is -0.573. The lowest BCUT2D eigenvalue weighted by molar-refractivity contribution is 0.0512. The Morgan fingerprint density at radius 1 is 1.41 bits per heavy atom. The molecule has 94 valence electrons. The normalized spacial score (nSPS) is 12.0.